The second-order valence-corrected chi connectivity index (χ2v) is 7.28. The zero-order valence-electron chi connectivity index (χ0n) is 16.2. The summed E-state index contributed by atoms with van der Waals surface area (Å²) in [7, 11) is 2.14. The van der Waals surface area contributed by atoms with Crippen LogP contribution in [0.5, 0.6) is 0 Å². The SMILES string of the molecule is Cc1nnc(-c2ccc(C(=O)N3CCN(C)C(Cc4ccccc4)C3)cc2)o1. The van der Waals surface area contributed by atoms with Crippen LogP contribution >= 0.6 is 0 Å². The van der Waals surface area contributed by atoms with Gasteiger partial charge >= 0.3 is 0 Å². The van der Waals surface area contributed by atoms with Gasteiger partial charge in [0.05, 0.1) is 0 Å². The Kier molecular flexibility index (Phi) is 5.21. The lowest BCUT2D eigenvalue weighted by molar-refractivity contribution is 0.0547. The highest BCUT2D eigenvalue weighted by Gasteiger charge is 2.28. The fourth-order valence-corrected chi connectivity index (χ4v) is 3.59. The van der Waals surface area contributed by atoms with Crippen molar-refractivity contribution in [3.05, 3.63) is 71.6 Å². The van der Waals surface area contributed by atoms with Gasteiger partial charge in [-0.3, -0.25) is 9.69 Å². The maximum absolute atomic E-state index is 13.0. The van der Waals surface area contributed by atoms with Gasteiger partial charge < -0.3 is 9.32 Å². The number of carbonyl (C=O) groups excluding carboxylic acids is 1. The minimum absolute atomic E-state index is 0.0689. The Bertz CT molecular complexity index is 937. The second-order valence-electron chi connectivity index (χ2n) is 7.28. The lowest BCUT2D eigenvalue weighted by Gasteiger charge is -2.39. The van der Waals surface area contributed by atoms with E-state index in [1.807, 2.05) is 35.2 Å². The topological polar surface area (TPSA) is 62.5 Å². The van der Waals surface area contributed by atoms with Crippen molar-refractivity contribution in [2.75, 3.05) is 26.7 Å². The first kappa shape index (κ1) is 18.4. The van der Waals surface area contributed by atoms with Crippen LogP contribution in [-0.2, 0) is 6.42 Å². The van der Waals surface area contributed by atoms with E-state index in [0.29, 0.717) is 23.4 Å². The maximum atomic E-state index is 13.0. The molecule has 0 radical (unpaired) electrons. The van der Waals surface area contributed by atoms with Crippen molar-refractivity contribution < 1.29 is 9.21 Å². The average Bonchev–Trinajstić information content (AvgIpc) is 3.16. The zero-order chi connectivity index (χ0) is 19.5. The first-order valence-electron chi connectivity index (χ1n) is 9.54. The summed E-state index contributed by atoms with van der Waals surface area (Å²) in [5.74, 6) is 1.07. The van der Waals surface area contributed by atoms with Crippen LogP contribution in [0.25, 0.3) is 11.5 Å². The summed E-state index contributed by atoms with van der Waals surface area (Å²) in [4.78, 5) is 17.3. The summed E-state index contributed by atoms with van der Waals surface area (Å²) in [6.45, 7) is 4.11. The number of benzene rings is 2. The molecule has 0 bridgehead atoms. The predicted octanol–water partition coefficient (Wildman–Crippen LogP) is 3.04. The Morgan fingerprint density at radius 2 is 1.82 bits per heavy atom. The molecule has 6 heteroatoms. The van der Waals surface area contributed by atoms with Gasteiger partial charge in [0.25, 0.3) is 5.91 Å². The molecule has 1 aliphatic rings. The number of hydrogen-bond donors (Lipinski definition) is 0. The Morgan fingerprint density at radius 1 is 1.07 bits per heavy atom. The number of likely N-dealkylation sites (N-methyl/N-ethyl adjacent to an activating group) is 1. The Balaban J connectivity index is 1.45. The van der Waals surface area contributed by atoms with Crippen molar-refractivity contribution >= 4 is 5.91 Å². The van der Waals surface area contributed by atoms with E-state index in [2.05, 4.69) is 46.4 Å². The van der Waals surface area contributed by atoms with Crippen molar-refractivity contribution in [1.29, 1.82) is 0 Å². The van der Waals surface area contributed by atoms with Crippen LogP contribution in [0, 0.1) is 6.92 Å². The van der Waals surface area contributed by atoms with Crippen molar-refractivity contribution in [2.45, 2.75) is 19.4 Å². The molecule has 1 fully saturated rings. The number of carbonyl (C=O) groups is 1. The molecule has 2 heterocycles. The Morgan fingerprint density at radius 3 is 2.50 bits per heavy atom. The molecule has 28 heavy (non-hydrogen) atoms. The van der Waals surface area contributed by atoms with Crippen molar-refractivity contribution in [3.63, 3.8) is 0 Å². The van der Waals surface area contributed by atoms with Crippen LogP contribution in [0.1, 0.15) is 21.8 Å². The van der Waals surface area contributed by atoms with Crippen LogP contribution in [0.15, 0.2) is 59.0 Å². The summed E-state index contributed by atoms with van der Waals surface area (Å²) in [6, 6.07) is 18.2. The lowest BCUT2D eigenvalue weighted by atomic mass is 10.0. The molecular weight excluding hydrogens is 352 g/mol. The van der Waals surface area contributed by atoms with E-state index in [-0.39, 0.29) is 5.91 Å². The zero-order valence-corrected chi connectivity index (χ0v) is 16.2. The quantitative estimate of drug-likeness (QED) is 0.700. The smallest absolute Gasteiger partial charge is 0.253 e. The molecule has 0 aliphatic carbocycles. The van der Waals surface area contributed by atoms with Gasteiger partial charge in [-0.2, -0.15) is 0 Å². The van der Waals surface area contributed by atoms with Gasteiger partial charge in [0.1, 0.15) is 0 Å². The summed E-state index contributed by atoms with van der Waals surface area (Å²) in [5.41, 5.74) is 2.80. The minimum Gasteiger partial charge on any atom is -0.421 e. The number of rotatable bonds is 4. The molecule has 1 atom stereocenters. The van der Waals surface area contributed by atoms with Gasteiger partial charge in [0.2, 0.25) is 11.8 Å². The predicted molar refractivity (Wildman–Crippen MR) is 107 cm³/mol. The summed E-state index contributed by atoms with van der Waals surface area (Å²) in [6.07, 6.45) is 0.941. The van der Waals surface area contributed by atoms with E-state index < -0.39 is 0 Å². The molecule has 1 aliphatic heterocycles. The second kappa shape index (κ2) is 7.94. The van der Waals surface area contributed by atoms with Crippen LogP contribution in [-0.4, -0.2) is 58.6 Å². The van der Waals surface area contributed by atoms with E-state index in [0.717, 1.165) is 31.6 Å². The molecule has 1 saturated heterocycles. The van der Waals surface area contributed by atoms with Crippen LogP contribution in [0.3, 0.4) is 0 Å². The molecular formula is C22H24N4O2. The first-order chi connectivity index (χ1) is 13.6. The third kappa shape index (κ3) is 3.97. The van der Waals surface area contributed by atoms with Gasteiger partial charge in [-0.15, -0.1) is 10.2 Å². The van der Waals surface area contributed by atoms with Crippen LogP contribution < -0.4 is 0 Å². The molecule has 2 aromatic carbocycles. The highest BCUT2D eigenvalue weighted by atomic mass is 16.4. The highest BCUT2D eigenvalue weighted by Crippen LogP contribution is 2.20. The van der Waals surface area contributed by atoms with Crippen molar-refractivity contribution in [1.82, 2.24) is 20.0 Å². The summed E-state index contributed by atoms with van der Waals surface area (Å²) < 4.78 is 5.45. The number of aryl methyl sites for hydroxylation is 1. The van der Waals surface area contributed by atoms with E-state index in [4.69, 9.17) is 4.42 Å². The minimum atomic E-state index is 0.0689. The molecule has 0 N–H and O–H groups in total. The summed E-state index contributed by atoms with van der Waals surface area (Å²) in [5, 5.41) is 7.87. The van der Waals surface area contributed by atoms with Gasteiger partial charge in [-0.05, 0) is 43.3 Å². The molecule has 1 aromatic heterocycles. The van der Waals surface area contributed by atoms with Crippen molar-refractivity contribution in [2.24, 2.45) is 0 Å². The fourth-order valence-electron chi connectivity index (χ4n) is 3.59. The molecule has 1 unspecified atom stereocenters. The average molecular weight is 376 g/mol. The number of aromatic nitrogens is 2. The molecule has 6 nitrogen and oxygen atoms in total. The van der Waals surface area contributed by atoms with E-state index in [1.54, 1.807) is 6.92 Å². The first-order valence-corrected chi connectivity index (χ1v) is 9.54. The molecule has 3 aromatic rings. The van der Waals surface area contributed by atoms with Crippen molar-refractivity contribution in [3.8, 4) is 11.5 Å². The van der Waals surface area contributed by atoms with Gasteiger partial charge in [-0.25, -0.2) is 0 Å². The normalized spacial score (nSPS) is 17.6. The largest absolute Gasteiger partial charge is 0.421 e. The van der Waals surface area contributed by atoms with Gasteiger partial charge in [-0.1, -0.05) is 30.3 Å². The van der Waals surface area contributed by atoms with E-state index in [9.17, 15) is 4.79 Å². The Hall–Kier alpha value is -2.99. The third-order valence-electron chi connectivity index (χ3n) is 5.28. The molecule has 144 valence electrons. The monoisotopic (exact) mass is 376 g/mol. The number of amides is 1. The molecule has 0 spiro atoms. The van der Waals surface area contributed by atoms with Gasteiger partial charge in [0.15, 0.2) is 0 Å². The number of piperazine rings is 1. The van der Waals surface area contributed by atoms with Crippen LogP contribution in [0.4, 0.5) is 0 Å². The van der Waals surface area contributed by atoms with Crippen LogP contribution in [0.2, 0.25) is 0 Å². The fraction of sp³-hybridized carbons (Fsp3) is 0.318. The third-order valence-corrected chi connectivity index (χ3v) is 5.28. The standard InChI is InChI=1S/C22H24N4O2/c1-16-23-24-21(28-16)18-8-10-19(11-9-18)22(27)26-13-12-25(2)20(15-26)14-17-6-4-3-5-7-17/h3-11,20H,12-15H2,1-2H3. The maximum Gasteiger partial charge on any atom is 0.253 e. The Labute approximate surface area is 164 Å². The lowest BCUT2D eigenvalue weighted by Crippen LogP contribution is -2.54. The summed E-state index contributed by atoms with van der Waals surface area (Å²) >= 11 is 0. The highest BCUT2D eigenvalue weighted by molar-refractivity contribution is 5.94. The molecule has 1 amide bonds. The number of hydrogen-bond acceptors (Lipinski definition) is 5. The van der Waals surface area contributed by atoms with E-state index >= 15 is 0 Å². The number of nitrogens with zero attached hydrogens (tertiary/aromatic N) is 4. The van der Waals surface area contributed by atoms with E-state index in [1.165, 1.54) is 5.56 Å². The van der Waals surface area contributed by atoms with Gasteiger partial charge in [0, 0.05) is 43.7 Å². The molecule has 0 saturated carbocycles. The molecule has 4 rings (SSSR count).